The SMILES string of the molecule is C=C(C)CCCCC[n+]1cc(Br)ccc1/C=C/c1cc2ccc(N(CC)CC)cc2oc1=O. The van der Waals surface area contributed by atoms with E-state index in [2.05, 4.69) is 71.1 Å². The minimum absolute atomic E-state index is 0.320. The van der Waals surface area contributed by atoms with Gasteiger partial charge in [-0.15, -0.1) is 6.58 Å². The summed E-state index contributed by atoms with van der Waals surface area (Å²) in [4.78, 5) is 14.9. The molecule has 2 aromatic heterocycles. The van der Waals surface area contributed by atoms with E-state index in [1.54, 1.807) is 0 Å². The fourth-order valence-corrected chi connectivity index (χ4v) is 4.33. The number of benzene rings is 1. The third kappa shape index (κ3) is 6.91. The lowest BCUT2D eigenvalue weighted by Crippen LogP contribution is -2.36. The number of allylic oxidation sites excluding steroid dienone is 1. The molecule has 0 aliphatic heterocycles. The number of rotatable bonds is 11. The van der Waals surface area contributed by atoms with Crippen molar-refractivity contribution in [2.75, 3.05) is 18.0 Å². The number of unbranched alkanes of at least 4 members (excludes halogenated alkanes) is 2. The van der Waals surface area contributed by atoms with Crippen LogP contribution in [0.3, 0.4) is 0 Å². The number of aryl methyl sites for hydroxylation is 1. The van der Waals surface area contributed by atoms with Gasteiger partial charge in [-0.1, -0.05) is 5.57 Å². The van der Waals surface area contributed by atoms with Crippen molar-refractivity contribution >= 4 is 44.7 Å². The molecule has 4 nitrogen and oxygen atoms in total. The van der Waals surface area contributed by atoms with E-state index < -0.39 is 0 Å². The Morgan fingerprint density at radius 2 is 1.88 bits per heavy atom. The summed E-state index contributed by atoms with van der Waals surface area (Å²) in [5.41, 5.74) is 4.21. The molecule has 0 atom stereocenters. The third-order valence-electron chi connectivity index (χ3n) is 5.84. The molecular formula is C28H34BrN2O2+. The lowest BCUT2D eigenvalue weighted by molar-refractivity contribution is -0.699. The molecule has 0 saturated carbocycles. The largest absolute Gasteiger partial charge is 0.422 e. The van der Waals surface area contributed by atoms with E-state index in [9.17, 15) is 4.79 Å². The molecule has 0 radical (unpaired) electrons. The molecule has 174 valence electrons. The molecular weight excluding hydrogens is 476 g/mol. The first-order valence-electron chi connectivity index (χ1n) is 11.8. The van der Waals surface area contributed by atoms with Crippen LogP contribution in [0.15, 0.2) is 68.4 Å². The number of fused-ring (bicyclic) bond motifs is 1. The van der Waals surface area contributed by atoms with E-state index in [1.807, 2.05) is 36.4 Å². The first-order valence-corrected chi connectivity index (χ1v) is 12.5. The Morgan fingerprint density at radius 3 is 2.61 bits per heavy atom. The van der Waals surface area contributed by atoms with Crippen LogP contribution >= 0.6 is 15.9 Å². The fourth-order valence-electron chi connectivity index (χ4n) is 3.95. The summed E-state index contributed by atoms with van der Waals surface area (Å²) in [6.07, 6.45) is 10.5. The highest BCUT2D eigenvalue weighted by molar-refractivity contribution is 9.10. The number of hydrogen-bond donors (Lipinski definition) is 0. The van der Waals surface area contributed by atoms with Crippen LogP contribution in [0.4, 0.5) is 5.69 Å². The van der Waals surface area contributed by atoms with Crippen LogP contribution in [0.25, 0.3) is 23.1 Å². The summed E-state index contributed by atoms with van der Waals surface area (Å²) in [5, 5.41) is 0.923. The predicted molar refractivity (Wildman–Crippen MR) is 143 cm³/mol. The summed E-state index contributed by atoms with van der Waals surface area (Å²) in [7, 11) is 0. The van der Waals surface area contributed by atoms with Gasteiger partial charge in [0, 0.05) is 48.8 Å². The van der Waals surface area contributed by atoms with Crippen molar-refractivity contribution in [3.8, 4) is 0 Å². The number of hydrogen-bond acceptors (Lipinski definition) is 3. The average Bonchev–Trinajstić information content (AvgIpc) is 2.79. The number of halogens is 1. The average molecular weight is 510 g/mol. The molecule has 0 N–H and O–H groups in total. The summed E-state index contributed by atoms with van der Waals surface area (Å²) in [5.74, 6) is 0. The second-order valence-electron chi connectivity index (χ2n) is 8.45. The second kappa shape index (κ2) is 12.0. The van der Waals surface area contributed by atoms with Crippen molar-refractivity contribution in [3.63, 3.8) is 0 Å². The van der Waals surface area contributed by atoms with Crippen molar-refractivity contribution in [3.05, 3.63) is 80.9 Å². The zero-order valence-corrected chi connectivity index (χ0v) is 21.5. The van der Waals surface area contributed by atoms with Crippen LogP contribution in [0.5, 0.6) is 0 Å². The van der Waals surface area contributed by atoms with Gasteiger partial charge in [0.2, 0.25) is 5.69 Å². The van der Waals surface area contributed by atoms with Gasteiger partial charge in [-0.05, 0) is 86.3 Å². The van der Waals surface area contributed by atoms with Crippen molar-refractivity contribution in [2.45, 2.75) is 53.0 Å². The Labute approximate surface area is 205 Å². The van der Waals surface area contributed by atoms with Crippen LogP contribution in [0.2, 0.25) is 0 Å². The summed E-state index contributed by atoms with van der Waals surface area (Å²) < 4.78 is 8.93. The highest BCUT2D eigenvalue weighted by Gasteiger charge is 2.11. The monoisotopic (exact) mass is 509 g/mol. The van der Waals surface area contributed by atoms with Gasteiger partial charge < -0.3 is 9.32 Å². The third-order valence-corrected chi connectivity index (χ3v) is 6.30. The maximum atomic E-state index is 12.7. The van der Waals surface area contributed by atoms with Crippen LogP contribution in [-0.4, -0.2) is 13.1 Å². The molecule has 0 bridgehead atoms. The van der Waals surface area contributed by atoms with Crippen molar-refractivity contribution in [1.82, 2.24) is 0 Å². The Balaban J connectivity index is 1.80. The van der Waals surface area contributed by atoms with E-state index >= 15 is 0 Å². The second-order valence-corrected chi connectivity index (χ2v) is 9.37. The van der Waals surface area contributed by atoms with Gasteiger partial charge in [-0.3, -0.25) is 0 Å². The molecule has 0 aliphatic rings. The Bertz CT molecular complexity index is 1190. The first kappa shape index (κ1) is 25.0. The maximum absolute atomic E-state index is 12.7. The number of nitrogens with zero attached hydrogens (tertiary/aromatic N) is 2. The molecule has 3 rings (SSSR count). The number of aromatic nitrogens is 1. The minimum Gasteiger partial charge on any atom is -0.422 e. The lowest BCUT2D eigenvalue weighted by atomic mass is 10.1. The molecule has 0 unspecified atom stereocenters. The normalized spacial score (nSPS) is 11.4. The summed E-state index contributed by atoms with van der Waals surface area (Å²) in [6, 6.07) is 12.0. The molecule has 0 amide bonds. The van der Waals surface area contributed by atoms with Crippen molar-refractivity contribution in [2.24, 2.45) is 0 Å². The quantitative estimate of drug-likeness (QED) is 0.121. The zero-order chi connectivity index (χ0) is 23.8. The van der Waals surface area contributed by atoms with Crippen LogP contribution < -0.4 is 15.1 Å². The first-order chi connectivity index (χ1) is 15.9. The van der Waals surface area contributed by atoms with E-state index in [-0.39, 0.29) is 5.63 Å². The molecule has 0 aliphatic carbocycles. The van der Waals surface area contributed by atoms with Gasteiger partial charge in [0.1, 0.15) is 12.1 Å². The standard InChI is InChI=1S/C28H34BrN2O2/c1-5-30(6-2)26-15-11-22-18-23(28(32)33-27(22)19-26)12-14-25-16-13-24(29)20-31(25)17-9-7-8-10-21(3)4/h11-16,18-20H,3,5-10,17H2,1-2,4H3/q+1. The topological polar surface area (TPSA) is 37.3 Å². The molecule has 0 spiro atoms. The highest BCUT2D eigenvalue weighted by atomic mass is 79.9. The summed E-state index contributed by atoms with van der Waals surface area (Å²) in [6.45, 7) is 13.0. The van der Waals surface area contributed by atoms with E-state index in [0.29, 0.717) is 11.1 Å². The van der Waals surface area contributed by atoms with Crippen molar-refractivity contribution in [1.29, 1.82) is 0 Å². The molecule has 33 heavy (non-hydrogen) atoms. The number of anilines is 1. The van der Waals surface area contributed by atoms with Gasteiger partial charge in [-0.2, -0.15) is 4.57 Å². The van der Waals surface area contributed by atoms with Gasteiger partial charge in [0.15, 0.2) is 6.20 Å². The van der Waals surface area contributed by atoms with Gasteiger partial charge >= 0.3 is 5.63 Å². The fraction of sp³-hybridized carbons (Fsp3) is 0.357. The smallest absolute Gasteiger partial charge is 0.343 e. The molecule has 1 aromatic carbocycles. The lowest BCUT2D eigenvalue weighted by Gasteiger charge is -2.20. The van der Waals surface area contributed by atoms with Gasteiger partial charge in [0.05, 0.1) is 10.0 Å². The maximum Gasteiger partial charge on any atom is 0.343 e. The van der Waals surface area contributed by atoms with Crippen LogP contribution in [0, 0.1) is 0 Å². The van der Waals surface area contributed by atoms with Crippen molar-refractivity contribution < 1.29 is 8.98 Å². The summed E-state index contributed by atoms with van der Waals surface area (Å²) >= 11 is 3.57. The Kier molecular flexibility index (Phi) is 9.07. The molecule has 0 fully saturated rings. The number of pyridine rings is 1. The van der Waals surface area contributed by atoms with E-state index in [1.165, 1.54) is 18.4 Å². The van der Waals surface area contributed by atoms with E-state index in [0.717, 1.165) is 53.7 Å². The molecule has 5 heteroatoms. The van der Waals surface area contributed by atoms with E-state index in [4.69, 9.17) is 4.42 Å². The Hall–Kier alpha value is -2.66. The predicted octanol–water partition coefficient (Wildman–Crippen LogP) is 7.00. The molecule has 2 heterocycles. The van der Waals surface area contributed by atoms with Gasteiger partial charge in [0.25, 0.3) is 0 Å². The molecule has 3 aromatic rings. The molecule has 0 saturated heterocycles. The van der Waals surface area contributed by atoms with Crippen LogP contribution in [0.1, 0.15) is 57.7 Å². The highest BCUT2D eigenvalue weighted by Crippen LogP contribution is 2.22. The minimum atomic E-state index is -0.320. The van der Waals surface area contributed by atoms with Crippen LogP contribution in [-0.2, 0) is 6.54 Å². The van der Waals surface area contributed by atoms with Gasteiger partial charge in [-0.25, -0.2) is 4.79 Å². The zero-order valence-electron chi connectivity index (χ0n) is 19.9. The Morgan fingerprint density at radius 1 is 1.09 bits per heavy atom.